The van der Waals surface area contributed by atoms with Gasteiger partial charge >= 0.3 is 0 Å². The van der Waals surface area contributed by atoms with E-state index >= 15 is 0 Å². The Hall–Kier alpha value is -3.47. The molecule has 0 aliphatic heterocycles. The molecule has 0 bridgehead atoms. The van der Waals surface area contributed by atoms with Crippen molar-refractivity contribution in [1.82, 2.24) is 5.32 Å². The SMILES string of the molecule is COc1ccc(-c2coc3c(C(=O)NCc4ccco4)cccc23)c(C)c1. The number of carbonyl (C=O) groups is 1. The number of rotatable bonds is 5. The number of amides is 1. The lowest BCUT2D eigenvalue weighted by atomic mass is 9.98. The Kier molecular flexibility index (Phi) is 4.42. The third-order valence-electron chi connectivity index (χ3n) is 4.57. The summed E-state index contributed by atoms with van der Waals surface area (Å²) >= 11 is 0. The molecule has 2 heterocycles. The van der Waals surface area contributed by atoms with Crippen molar-refractivity contribution in [3.63, 3.8) is 0 Å². The number of para-hydroxylation sites is 1. The minimum absolute atomic E-state index is 0.204. The average Bonchev–Trinajstić information content (AvgIpc) is 3.35. The monoisotopic (exact) mass is 361 g/mol. The first-order chi connectivity index (χ1) is 13.2. The Morgan fingerprint density at radius 2 is 1.96 bits per heavy atom. The fourth-order valence-corrected chi connectivity index (χ4v) is 3.19. The molecule has 27 heavy (non-hydrogen) atoms. The zero-order valence-electron chi connectivity index (χ0n) is 15.1. The lowest BCUT2D eigenvalue weighted by Crippen LogP contribution is -2.22. The van der Waals surface area contributed by atoms with Crippen molar-refractivity contribution in [2.24, 2.45) is 0 Å². The summed E-state index contributed by atoms with van der Waals surface area (Å²) in [6.45, 7) is 2.35. The van der Waals surface area contributed by atoms with E-state index in [-0.39, 0.29) is 5.91 Å². The molecular formula is C22H19NO4. The van der Waals surface area contributed by atoms with Crippen LogP contribution in [0, 0.1) is 6.92 Å². The van der Waals surface area contributed by atoms with E-state index in [9.17, 15) is 4.79 Å². The quantitative estimate of drug-likeness (QED) is 0.547. The van der Waals surface area contributed by atoms with Gasteiger partial charge in [-0.25, -0.2) is 0 Å². The van der Waals surface area contributed by atoms with Crippen LogP contribution >= 0.6 is 0 Å². The minimum atomic E-state index is -0.204. The van der Waals surface area contributed by atoms with Crippen molar-refractivity contribution >= 4 is 16.9 Å². The Morgan fingerprint density at radius 1 is 1.07 bits per heavy atom. The highest BCUT2D eigenvalue weighted by atomic mass is 16.5. The summed E-state index contributed by atoms with van der Waals surface area (Å²) in [6.07, 6.45) is 3.28. The van der Waals surface area contributed by atoms with Crippen LogP contribution in [0.3, 0.4) is 0 Å². The number of carbonyl (C=O) groups excluding carboxylic acids is 1. The number of furan rings is 2. The smallest absolute Gasteiger partial charge is 0.255 e. The molecule has 0 fully saturated rings. The standard InChI is InChI=1S/C22H19NO4/c1-14-11-15(25-2)8-9-17(14)20-13-27-21-18(20)6-3-7-19(21)22(24)23-12-16-5-4-10-26-16/h3-11,13H,12H2,1-2H3,(H,23,24). The normalized spacial score (nSPS) is 10.9. The number of aryl methyl sites for hydroxylation is 1. The molecule has 0 radical (unpaired) electrons. The van der Waals surface area contributed by atoms with E-state index in [1.165, 1.54) is 0 Å². The zero-order chi connectivity index (χ0) is 18.8. The lowest BCUT2D eigenvalue weighted by molar-refractivity contribution is 0.0948. The molecule has 136 valence electrons. The first kappa shape index (κ1) is 17.0. The van der Waals surface area contributed by atoms with E-state index in [2.05, 4.69) is 5.32 Å². The second kappa shape index (κ2) is 7.03. The molecule has 5 heteroatoms. The van der Waals surface area contributed by atoms with E-state index in [1.54, 1.807) is 31.8 Å². The lowest BCUT2D eigenvalue weighted by Gasteiger charge is -2.07. The number of ether oxygens (including phenoxy) is 1. The molecule has 0 unspecified atom stereocenters. The van der Waals surface area contributed by atoms with E-state index in [4.69, 9.17) is 13.6 Å². The van der Waals surface area contributed by atoms with Gasteiger partial charge in [0.25, 0.3) is 5.91 Å². The zero-order valence-corrected chi connectivity index (χ0v) is 15.1. The maximum atomic E-state index is 12.6. The van der Waals surface area contributed by atoms with Crippen LogP contribution in [-0.2, 0) is 6.54 Å². The summed E-state index contributed by atoms with van der Waals surface area (Å²) in [5.41, 5.74) is 4.13. The number of methoxy groups -OCH3 is 1. The van der Waals surface area contributed by atoms with Gasteiger partial charge < -0.3 is 18.9 Å². The van der Waals surface area contributed by atoms with Crippen molar-refractivity contribution in [3.8, 4) is 16.9 Å². The molecule has 4 rings (SSSR count). The molecule has 5 nitrogen and oxygen atoms in total. The summed E-state index contributed by atoms with van der Waals surface area (Å²) in [6, 6.07) is 15.1. The largest absolute Gasteiger partial charge is 0.497 e. The second-order valence-electron chi connectivity index (χ2n) is 6.27. The van der Waals surface area contributed by atoms with Gasteiger partial charge in [0.2, 0.25) is 0 Å². The first-order valence-electron chi connectivity index (χ1n) is 8.63. The number of fused-ring (bicyclic) bond motifs is 1. The number of nitrogens with one attached hydrogen (secondary N) is 1. The summed E-state index contributed by atoms with van der Waals surface area (Å²) < 4.78 is 16.3. The number of benzene rings is 2. The second-order valence-corrected chi connectivity index (χ2v) is 6.27. The van der Waals surface area contributed by atoms with Crippen molar-refractivity contribution in [2.75, 3.05) is 7.11 Å². The van der Waals surface area contributed by atoms with Gasteiger partial charge in [0.05, 0.1) is 31.7 Å². The Balaban J connectivity index is 1.68. The van der Waals surface area contributed by atoms with E-state index in [0.717, 1.165) is 27.8 Å². The third-order valence-corrected chi connectivity index (χ3v) is 4.57. The molecule has 2 aromatic carbocycles. The highest BCUT2D eigenvalue weighted by Crippen LogP contribution is 2.35. The van der Waals surface area contributed by atoms with Crippen LogP contribution < -0.4 is 10.1 Å². The van der Waals surface area contributed by atoms with Crippen LogP contribution in [0.1, 0.15) is 21.7 Å². The van der Waals surface area contributed by atoms with E-state index < -0.39 is 0 Å². The van der Waals surface area contributed by atoms with Gasteiger partial charge in [-0.3, -0.25) is 4.79 Å². The topological polar surface area (TPSA) is 64.6 Å². The molecule has 0 saturated heterocycles. The van der Waals surface area contributed by atoms with Gasteiger partial charge in [-0.1, -0.05) is 18.2 Å². The summed E-state index contributed by atoms with van der Waals surface area (Å²) in [5.74, 6) is 1.30. The van der Waals surface area contributed by atoms with Crippen molar-refractivity contribution in [1.29, 1.82) is 0 Å². The number of hydrogen-bond donors (Lipinski definition) is 1. The molecule has 0 saturated carbocycles. The Bertz CT molecular complexity index is 1090. The van der Waals surface area contributed by atoms with Crippen LogP contribution in [-0.4, -0.2) is 13.0 Å². The molecule has 0 aliphatic carbocycles. The van der Waals surface area contributed by atoms with Gasteiger partial charge in [-0.15, -0.1) is 0 Å². The Morgan fingerprint density at radius 3 is 2.70 bits per heavy atom. The fourth-order valence-electron chi connectivity index (χ4n) is 3.19. The van der Waals surface area contributed by atoms with Gasteiger partial charge in [0, 0.05) is 10.9 Å². The van der Waals surface area contributed by atoms with Crippen LogP contribution in [0.4, 0.5) is 0 Å². The maximum Gasteiger partial charge on any atom is 0.255 e. The molecule has 0 aliphatic rings. The third kappa shape index (κ3) is 3.19. The highest BCUT2D eigenvalue weighted by Gasteiger charge is 2.17. The molecule has 1 N–H and O–H groups in total. The predicted octanol–water partition coefficient (Wildman–Crippen LogP) is 4.94. The molecule has 2 aromatic heterocycles. The summed E-state index contributed by atoms with van der Waals surface area (Å²) in [4.78, 5) is 12.6. The average molecular weight is 361 g/mol. The first-order valence-corrected chi connectivity index (χ1v) is 8.63. The van der Waals surface area contributed by atoms with Crippen LogP contribution in [0.2, 0.25) is 0 Å². The van der Waals surface area contributed by atoms with Crippen LogP contribution in [0.5, 0.6) is 5.75 Å². The van der Waals surface area contributed by atoms with Crippen LogP contribution in [0.25, 0.3) is 22.1 Å². The van der Waals surface area contributed by atoms with Gasteiger partial charge in [0.1, 0.15) is 17.1 Å². The highest BCUT2D eigenvalue weighted by molar-refractivity contribution is 6.08. The molecule has 4 aromatic rings. The summed E-state index contributed by atoms with van der Waals surface area (Å²) in [7, 11) is 1.65. The molecule has 0 spiro atoms. The maximum absolute atomic E-state index is 12.6. The van der Waals surface area contributed by atoms with E-state index in [1.807, 2.05) is 43.3 Å². The Labute approximate surface area is 156 Å². The van der Waals surface area contributed by atoms with Crippen LogP contribution in [0.15, 0.2) is 69.9 Å². The summed E-state index contributed by atoms with van der Waals surface area (Å²) in [5, 5.41) is 3.76. The molecular weight excluding hydrogens is 342 g/mol. The minimum Gasteiger partial charge on any atom is -0.497 e. The molecule has 0 atom stereocenters. The van der Waals surface area contributed by atoms with Gasteiger partial charge in [0.15, 0.2) is 0 Å². The fraction of sp³-hybridized carbons (Fsp3) is 0.136. The van der Waals surface area contributed by atoms with Crippen molar-refractivity contribution in [2.45, 2.75) is 13.5 Å². The van der Waals surface area contributed by atoms with E-state index in [0.29, 0.717) is 23.5 Å². The van der Waals surface area contributed by atoms with Gasteiger partial charge in [-0.2, -0.15) is 0 Å². The predicted molar refractivity (Wildman–Crippen MR) is 103 cm³/mol. The van der Waals surface area contributed by atoms with Crippen molar-refractivity contribution < 1.29 is 18.4 Å². The molecule has 1 amide bonds. The number of hydrogen-bond acceptors (Lipinski definition) is 4. The van der Waals surface area contributed by atoms with Crippen molar-refractivity contribution in [3.05, 3.63) is 77.9 Å². The van der Waals surface area contributed by atoms with Gasteiger partial charge in [-0.05, 0) is 48.4 Å².